The summed E-state index contributed by atoms with van der Waals surface area (Å²) >= 11 is 0. The van der Waals surface area contributed by atoms with Gasteiger partial charge in [-0.3, -0.25) is 0 Å². The van der Waals surface area contributed by atoms with Crippen LogP contribution in [0.4, 0.5) is 4.79 Å². The number of amides is 1. The molecule has 0 spiro atoms. The van der Waals surface area contributed by atoms with Crippen molar-refractivity contribution in [2.45, 2.75) is 38.6 Å². The number of morpholine rings is 1. The lowest BCUT2D eigenvalue weighted by Crippen LogP contribution is -2.54. The Balaban J connectivity index is 2.71. The van der Waals surface area contributed by atoms with Crippen LogP contribution in [0.25, 0.3) is 0 Å². The normalized spacial score (nSPS) is 23.9. The first-order valence-corrected chi connectivity index (χ1v) is 6.09. The molecule has 1 aliphatic rings. The molecule has 19 heavy (non-hydrogen) atoms. The number of carbonyl (C=O) groups is 2. The zero-order valence-electron chi connectivity index (χ0n) is 11.7. The van der Waals surface area contributed by atoms with E-state index in [4.69, 9.17) is 14.6 Å². The molecule has 1 heterocycles. The van der Waals surface area contributed by atoms with Crippen molar-refractivity contribution in [3.05, 3.63) is 0 Å². The zero-order valence-corrected chi connectivity index (χ0v) is 11.7. The van der Waals surface area contributed by atoms with Gasteiger partial charge in [0.2, 0.25) is 0 Å². The Morgan fingerprint density at radius 3 is 2.47 bits per heavy atom. The van der Waals surface area contributed by atoms with Gasteiger partial charge in [0.05, 0.1) is 32.9 Å². The summed E-state index contributed by atoms with van der Waals surface area (Å²) in [5.41, 5.74) is -0.620. The van der Waals surface area contributed by atoms with Crippen molar-refractivity contribution in [3.63, 3.8) is 0 Å². The predicted molar refractivity (Wildman–Crippen MR) is 65.6 cm³/mol. The van der Waals surface area contributed by atoms with E-state index in [1.807, 2.05) is 0 Å². The van der Waals surface area contributed by atoms with Crippen LogP contribution in [0.1, 0.15) is 20.8 Å². The highest BCUT2D eigenvalue weighted by atomic mass is 16.6. The van der Waals surface area contributed by atoms with Gasteiger partial charge in [-0.2, -0.15) is 0 Å². The Morgan fingerprint density at radius 2 is 2.00 bits per heavy atom. The van der Waals surface area contributed by atoms with Crippen molar-refractivity contribution in [3.8, 4) is 0 Å². The number of esters is 1. The summed E-state index contributed by atoms with van der Waals surface area (Å²) in [5, 5.41) is 9.14. The molecule has 2 atom stereocenters. The molecule has 0 radical (unpaired) electrons. The summed E-state index contributed by atoms with van der Waals surface area (Å²) in [6.45, 7) is 5.22. The van der Waals surface area contributed by atoms with Crippen LogP contribution in [0.5, 0.6) is 0 Å². The van der Waals surface area contributed by atoms with Crippen molar-refractivity contribution < 1.29 is 28.9 Å². The number of nitrogens with zero attached hydrogens (tertiary/aromatic N) is 1. The lowest BCUT2D eigenvalue weighted by Gasteiger charge is -2.36. The maximum absolute atomic E-state index is 11.9. The van der Waals surface area contributed by atoms with Gasteiger partial charge in [-0.05, 0) is 20.8 Å². The molecule has 1 amide bonds. The first-order chi connectivity index (χ1) is 8.76. The molecule has 0 aliphatic carbocycles. The Hall–Kier alpha value is -1.34. The van der Waals surface area contributed by atoms with Gasteiger partial charge >= 0.3 is 12.1 Å². The quantitative estimate of drug-likeness (QED) is 0.722. The highest BCUT2D eigenvalue weighted by molar-refractivity contribution is 5.76. The number of methoxy groups -OCH3 is 1. The number of aliphatic hydroxyl groups excluding tert-OH is 1. The Labute approximate surface area is 112 Å². The number of hydrogen-bond donors (Lipinski definition) is 1. The molecule has 1 fully saturated rings. The van der Waals surface area contributed by atoms with E-state index in [1.165, 1.54) is 12.0 Å². The third kappa shape index (κ3) is 4.68. The third-order valence-corrected chi connectivity index (χ3v) is 2.49. The lowest BCUT2D eigenvalue weighted by molar-refractivity contribution is -0.169. The molecule has 110 valence electrons. The molecule has 0 saturated carbocycles. The number of carbonyl (C=O) groups excluding carboxylic acids is 2. The molecule has 1 rings (SSSR count). The van der Waals surface area contributed by atoms with E-state index in [1.54, 1.807) is 20.8 Å². The standard InChI is InChI=1S/C12H21NO6/c1-12(2,3)19-11(16)13-5-8(7-14)18-9(6-13)10(15)17-4/h8-9,14H,5-7H2,1-4H3/t8-,9-/m0/s1. The van der Waals surface area contributed by atoms with E-state index in [0.29, 0.717) is 0 Å². The maximum atomic E-state index is 11.9. The second kappa shape index (κ2) is 6.21. The minimum Gasteiger partial charge on any atom is -0.467 e. The van der Waals surface area contributed by atoms with Gasteiger partial charge in [0, 0.05) is 0 Å². The fourth-order valence-electron chi connectivity index (χ4n) is 1.68. The fraction of sp³-hybridized carbons (Fsp3) is 0.833. The molecule has 1 saturated heterocycles. The summed E-state index contributed by atoms with van der Waals surface area (Å²) in [5.74, 6) is -0.577. The smallest absolute Gasteiger partial charge is 0.410 e. The van der Waals surface area contributed by atoms with Gasteiger partial charge in [0.25, 0.3) is 0 Å². The monoisotopic (exact) mass is 275 g/mol. The molecule has 1 aliphatic heterocycles. The van der Waals surface area contributed by atoms with Gasteiger partial charge in [0.1, 0.15) is 5.60 Å². The molecule has 0 unspecified atom stereocenters. The molecule has 0 aromatic rings. The SMILES string of the molecule is COC(=O)[C@@H]1CN(C(=O)OC(C)(C)C)C[C@@H](CO)O1. The number of aliphatic hydroxyl groups is 1. The summed E-state index contributed by atoms with van der Waals surface area (Å²) in [6, 6.07) is 0. The molecule has 0 bridgehead atoms. The number of rotatable bonds is 2. The molecule has 0 aromatic heterocycles. The van der Waals surface area contributed by atoms with Gasteiger partial charge in [-0.15, -0.1) is 0 Å². The summed E-state index contributed by atoms with van der Waals surface area (Å²) in [4.78, 5) is 24.8. The molecule has 0 aromatic carbocycles. The number of hydrogen-bond acceptors (Lipinski definition) is 6. The maximum Gasteiger partial charge on any atom is 0.410 e. The minimum atomic E-state index is -0.900. The second-order valence-corrected chi connectivity index (χ2v) is 5.34. The van der Waals surface area contributed by atoms with Crippen LogP contribution in [-0.4, -0.2) is 66.7 Å². The van der Waals surface area contributed by atoms with E-state index in [2.05, 4.69) is 4.74 Å². The fourth-order valence-corrected chi connectivity index (χ4v) is 1.68. The Bertz CT molecular complexity index is 338. The third-order valence-electron chi connectivity index (χ3n) is 2.49. The van der Waals surface area contributed by atoms with Gasteiger partial charge in [0.15, 0.2) is 6.10 Å². The van der Waals surface area contributed by atoms with Gasteiger partial charge < -0.3 is 24.2 Å². The van der Waals surface area contributed by atoms with Crippen LogP contribution in [0.2, 0.25) is 0 Å². The van der Waals surface area contributed by atoms with Crippen LogP contribution in [0, 0.1) is 0 Å². The van der Waals surface area contributed by atoms with Crippen molar-refractivity contribution in [1.29, 1.82) is 0 Å². The van der Waals surface area contributed by atoms with Crippen LogP contribution >= 0.6 is 0 Å². The molecular weight excluding hydrogens is 254 g/mol. The van der Waals surface area contributed by atoms with Crippen molar-refractivity contribution in [2.24, 2.45) is 0 Å². The van der Waals surface area contributed by atoms with E-state index in [-0.39, 0.29) is 19.7 Å². The average molecular weight is 275 g/mol. The predicted octanol–water partition coefficient (Wildman–Crippen LogP) is 0.156. The topological polar surface area (TPSA) is 85.3 Å². The number of ether oxygens (including phenoxy) is 3. The Morgan fingerprint density at radius 1 is 1.37 bits per heavy atom. The van der Waals surface area contributed by atoms with E-state index in [0.717, 1.165) is 0 Å². The van der Waals surface area contributed by atoms with Crippen molar-refractivity contribution in [1.82, 2.24) is 4.90 Å². The summed E-state index contributed by atoms with van der Waals surface area (Å²) in [7, 11) is 1.24. The van der Waals surface area contributed by atoms with Gasteiger partial charge in [-0.25, -0.2) is 9.59 Å². The molecule has 7 heteroatoms. The largest absolute Gasteiger partial charge is 0.467 e. The van der Waals surface area contributed by atoms with E-state index in [9.17, 15) is 9.59 Å². The molecule has 1 N–H and O–H groups in total. The molecular formula is C12H21NO6. The lowest BCUT2D eigenvalue weighted by atomic mass is 10.2. The van der Waals surface area contributed by atoms with E-state index >= 15 is 0 Å². The highest BCUT2D eigenvalue weighted by Gasteiger charge is 2.36. The second-order valence-electron chi connectivity index (χ2n) is 5.34. The molecule has 7 nitrogen and oxygen atoms in total. The van der Waals surface area contributed by atoms with E-state index < -0.39 is 29.9 Å². The van der Waals surface area contributed by atoms with Crippen LogP contribution < -0.4 is 0 Å². The van der Waals surface area contributed by atoms with Crippen LogP contribution in [-0.2, 0) is 19.0 Å². The summed E-state index contributed by atoms with van der Waals surface area (Å²) in [6.07, 6.45) is -2.06. The first kappa shape index (κ1) is 15.7. The average Bonchev–Trinajstić information content (AvgIpc) is 2.35. The Kier molecular flexibility index (Phi) is 5.13. The minimum absolute atomic E-state index is 0.0537. The summed E-state index contributed by atoms with van der Waals surface area (Å²) < 4.78 is 15.1. The zero-order chi connectivity index (χ0) is 14.6. The van der Waals surface area contributed by atoms with Crippen molar-refractivity contribution >= 4 is 12.1 Å². The van der Waals surface area contributed by atoms with Crippen LogP contribution in [0.3, 0.4) is 0 Å². The van der Waals surface area contributed by atoms with Crippen molar-refractivity contribution in [2.75, 3.05) is 26.8 Å². The highest BCUT2D eigenvalue weighted by Crippen LogP contribution is 2.16. The van der Waals surface area contributed by atoms with Gasteiger partial charge in [-0.1, -0.05) is 0 Å². The first-order valence-electron chi connectivity index (χ1n) is 6.09. The van der Waals surface area contributed by atoms with Crippen LogP contribution in [0.15, 0.2) is 0 Å².